The predicted molar refractivity (Wildman–Crippen MR) is 67.4 cm³/mol. The molecule has 0 atom stereocenters. The third kappa shape index (κ3) is 1.94. The van der Waals surface area contributed by atoms with Crippen LogP contribution in [-0.2, 0) is 0 Å². The fraction of sp³-hybridized carbons (Fsp3) is 0.308. The highest BCUT2D eigenvalue weighted by molar-refractivity contribution is 5.49. The van der Waals surface area contributed by atoms with E-state index in [0.717, 1.165) is 17.1 Å². The number of anilines is 1. The van der Waals surface area contributed by atoms with E-state index in [2.05, 4.69) is 47.3 Å². The number of benzene rings is 1. The van der Waals surface area contributed by atoms with Gasteiger partial charge in [-0.3, -0.25) is 0 Å². The van der Waals surface area contributed by atoms with Gasteiger partial charge in [0.15, 0.2) is 0 Å². The summed E-state index contributed by atoms with van der Waals surface area (Å²) in [5.41, 5.74) is 4.52. The van der Waals surface area contributed by atoms with Gasteiger partial charge in [-0.05, 0) is 44.2 Å². The zero-order valence-corrected chi connectivity index (χ0v) is 10.2. The summed E-state index contributed by atoms with van der Waals surface area (Å²) in [5, 5.41) is 4.46. The molecule has 0 aliphatic heterocycles. The molecule has 1 heterocycles. The minimum absolute atomic E-state index is 1.05. The average Bonchev–Trinajstić information content (AvgIpc) is 2.58. The SMILES string of the molecule is Cc1cc(C)n(-c2ccc(N(C)C)cc2)n1. The average molecular weight is 215 g/mol. The molecule has 1 aromatic heterocycles. The normalized spacial score (nSPS) is 10.5. The lowest BCUT2D eigenvalue weighted by Gasteiger charge is -2.13. The highest BCUT2D eigenvalue weighted by atomic mass is 15.3. The van der Waals surface area contributed by atoms with E-state index < -0.39 is 0 Å². The second-order valence-electron chi connectivity index (χ2n) is 4.25. The van der Waals surface area contributed by atoms with E-state index in [1.54, 1.807) is 0 Å². The summed E-state index contributed by atoms with van der Waals surface area (Å²) >= 11 is 0. The number of nitrogens with zero attached hydrogens (tertiary/aromatic N) is 3. The van der Waals surface area contributed by atoms with Crippen molar-refractivity contribution in [3.05, 3.63) is 41.7 Å². The van der Waals surface area contributed by atoms with Gasteiger partial charge in [-0.2, -0.15) is 5.10 Å². The summed E-state index contributed by atoms with van der Waals surface area (Å²) in [5.74, 6) is 0. The van der Waals surface area contributed by atoms with E-state index in [-0.39, 0.29) is 0 Å². The molecular formula is C13H17N3. The van der Waals surface area contributed by atoms with Gasteiger partial charge >= 0.3 is 0 Å². The minimum atomic E-state index is 1.05. The lowest BCUT2D eigenvalue weighted by atomic mass is 10.2. The summed E-state index contributed by atoms with van der Waals surface area (Å²) in [6.07, 6.45) is 0. The monoisotopic (exact) mass is 215 g/mol. The largest absolute Gasteiger partial charge is 0.378 e. The van der Waals surface area contributed by atoms with Crippen molar-refractivity contribution in [2.75, 3.05) is 19.0 Å². The van der Waals surface area contributed by atoms with Crippen molar-refractivity contribution in [2.24, 2.45) is 0 Å². The number of aryl methyl sites for hydroxylation is 2. The molecule has 84 valence electrons. The van der Waals surface area contributed by atoms with E-state index in [1.807, 2.05) is 25.7 Å². The Bertz CT molecular complexity index is 480. The van der Waals surface area contributed by atoms with Crippen molar-refractivity contribution in [1.82, 2.24) is 9.78 Å². The topological polar surface area (TPSA) is 21.1 Å². The summed E-state index contributed by atoms with van der Waals surface area (Å²) in [4.78, 5) is 2.09. The zero-order chi connectivity index (χ0) is 11.7. The highest BCUT2D eigenvalue weighted by Crippen LogP contribution is 2.16. The molecule has 16 heavy (non-hydrogen) atoms. The van der Waals surface area contributed by atoms with Gasteiger partial charge in [0.25, 0.3) is 0 Å². The smallest absolute Gasteiger partial charge is 0.0650 e. The molecule has 0 fully saturated rings. The quantitative estimate of drug-likeness (QED) is 0.767. The van der Waals surface area contributed by atoms with Crippen molar-refractivity contribution in [1.29, 1.82) is 0 Å². The molecule has 0 radical (unpaired) electrons. The molecule has 0 aliphatic rings. The molecule has 0 spiro atoms. The molecule has 2 rings (SSSR count). The second kappa shape index (κ2) is 4.00. The Morgan fingerprint density at radius 2 is 1.69 bits per heavy atom. The first kappa shape index (κ1) is 10.7. The van der Waals surface area contributed by atoms with Crippen LogP contribution < -0.4 is 4.90 Å². The molecule has 0 saturated heterocycles. The standard InChI is InChI=1S/C13H17N3/c1-10-9-11(2)16(14-10)13-7-5-12(6-8-13)15(3)4/h5-9H,1-4H3. The molecule has 0 amide bonds. The summed E-state index contributed by atoms with van der Waals surface area (Å²) in [7, 11) is 4.08. The van der Waals surface area contributed by atoms with Gasteiger partial charge in [0.2, 0.25) is 0 Å². The number of hydrogen-bond acceptors (Lipinski definition) is 2. The van der Waals surface area contributed by atoms with Crippen molar-refractivity contribution in [2.45, 2.75) is 13.8 Å². The molecule has 0 aliphatic carbocycles. The molecule has 3 nitrogen and oxygen atoms in total. The van der Waals surface area contributed by atoms with Crippen LogP contribution in [0.25, 0.3) is 5.69 Å². The van der Waals surface area contributed by atoms with Gasteiger partial charge in [-0.25, -0.2) is 4.68 Å². The van der Waals surface area contributed by atoms with Crippen LogP contribution in [-0.4, -0.2) is 23.9 Å². The predicted octanol–water partition coefficient (Wildman–Crippen LogP) is 2.56. The Morgan fingerprint density at radius 1 is 1.06 bits per heavy atom. The molecule has 0 N–H and O–H groups in total. The van der Waals surface area contributed by atoms with E-state index in [1.165, 1.54) is 5.69 Å². The summed E-state index contributed by atoms with van der Waals surface area (Å²) in [6.45, 7) is 4.08. The van der Waals surface area contributed by atoms with Crippen LogP contribution in [0.2, 0.25) is 0 Å². The van der Waals surface area contributed by atoms with Crippen LogP contribution in [0.15, 0.2) is 30.3 Å². The van der Waals surface area contributed by atoms with Gasteiger partial charge in [0.05, 0.1) is 11.4 Å². The van der Waals surface area contributed by atoms with Crippen LogP contribution in [0.5, 0.6) is 0 Å². The minimum Gasteiger partial charge on any atom is -0.378 e. The molecule has 0 saturated carbocycles. The van der Waals surface area contributed by atoms with Crippen LogP contribution >= 0.6 is 0 Å². The first-order valence-corrected chi connectivity index (χ1v) is 5.39. The lowest BCUT2D eigenvalue weighted by Crippen LogP contribution is -2.08. The van der Waals surface area contributed by atoms with Crippen molar-refractivity contribution >= 4 is 5.69 Å². The van der Waals surface area contributed by atoms with Crippen molar-refractivity contribution in [3.8, 4) is 5.69 Å². The van der Waals surface area contributed by atoms with Crippen LogP contribution in [0.3, 0.4) is 0 Å². The highest BCUT2D eigenvalue weighted by Gasteiger charge is 2.03. The third-order valence-corrected chi connectivity index (χ3v) is 2.62. The molecular weight excluding hydrogens is 198 g/mol. The first-order valence-electron chi connectivity index (χ1n) is 5.39. The van der Waals surface area contributed by atoms with E-state index in [4.69, 9.17) is 0 Å². The number of rotatable bonds is 2. The van der Waals surface area contributed by atoms with Crippen molar-refractivity contribution < 1.29 is 0 Å². The summed E-state index contributed by atoms with van der Waals surface area (Å²) in [6, 6.07) is 10.5. The fourth-order valence-electron chi connectivity index (χ4n) is 1.78. The molecule has 0 bridgehead atoms. The van der Waals surface area contributed by atoms with E-state index in [0.29, 0.717) is 0 Å². The van der Waals surface area contributed by atoms with Gasteiger partial charge in [0, 0.05) is 25.5 Å². The maximum atomic E-state index is 4.46. The molecule has 2 aromatic rings. The Balaban J connectivity index is 2.38. The van der Waals surface area contributed by atoms with Crippen molar-refractivity contribution in [3.63, 3.8) is 0 Å². The first-order chi connectivity index (χ1) is 7.58. The zero-order valence-electron chi connectivity index (χ0n) is 10.2. The van der Waals surface area contributed by atoms with Gasteiger partial charge in [0.1, 0.15) is 0 Å². The van der Waals surface area contributed by atoms with Crippen LogP contribution in [0, 0.1) is 13.8 Å². The maximum absolute atomic E-state index is 4.46. The fourth-order valence-corrected chi connectivity index (χ4v) is 1.78. The summed E-state index contributed by atoms with van der Waals surface area (Å²) < 4.78 is 1.97. The second-order valence-corrected chi connectivity index (χ2v) is 4.25. The molecule has 0 unspecified atom stereocenters. The van der Waals surface area contributed by atoms with Crippen LogP contribution in [0.1, 0.15) is 11.4 Å². The Morgan fingerprint density at radius 3 is 2.12 bits per heavy atom. The Hall–Kier alpha value is -1.77. The number of hydrogen-bond donors (Lipinski definition) is 0. The Kier molecular flexibility index (Phi) is 2.69. The third-order valence-electron chi connectivity index (χ3n) is 2.62. The van der Waals surface area contributed by atoms with Gasteiger partial charge in [-0.1, -0.05) is 0 Å². The lowest BCUT2D eigenvalue weighted by molar-refractivity contribution is 0.833. The Labute approximate surface area is 96.3 Å². The molecule has 3 heteroatoms. The van der Waals surface area contributed by atoms with Gasteiger partial charge < -0.3 is 4.90 Å². The molecule has 1 aromatic carbocycles. The van der Waals surface area contributed by atoms with Gasteiger partial charge in [-0.15, -0.1) is 0 Å². The van der Waals surface area contributed by atoms with Crippen LogP contribution in [0.4, 0.5) is 5.69 Å². The number of aromatic nitrogens is 2. The van der Waals surface area contributed by atoms with E-state index >= 15 is 0 Å². The van der Waals surface area contributed by atoms with E-state index in [9.17, 15) is 0 Å². The maximum Gasteiger partial charge on any atom is 0.0650 e.